The summed E-state index contributed by atoms with van der Waals surface area (Å²) in [5.41, 5.74) is 1.55. The predicted molar refractivity (Wildman–Crippen MR) is 97.0 cm³/mol. The Morgan fingerprint density at radius 3 is 2.32 bits per heavy atom. The normalized spacial score (nSPS) is 14.7. The molecule has 0 spiro atoms. The summed E-state index contributed by atoms with van der Waals surface area (Å²) in [6.45, 7) is 14.2. The van der Waals surface area contributed by atoms with Crippen molar-refractivity contribution in [1.82, 2.24) is 0 Å². The molecule has 0 bridgehead atoms. The van der Waals surface area contributed by atoms with Crippen LogP contribution >= 0.6 is 0 Å². The number of hydrogen-bond acceptors (Lipinski definition) is 1. The summed E-state index contributed by atoms with van der Waals surface area (Å²) in [4.78, 5) is 0. The van der Waals surface area contributed by atoms with E-state index in [2.05, 4.69) is 13.2 Å². The topological polar surface area (TPSA) is 9.23 Å². The molecule has 0 aliphatic carbocycles. The first-order valence-corrected chi connectivity index (χ1v) is 8.40. The first-order valence-electron chi connectivity index (χ1n) is 8.40. The monoisotopic (exact) mass is 352 g/mol. The van der Waals surface area contributed by atoms with E-state index in [1.165, 1.54) is 13.0 Å². The smallest absolute Gasteiger partial charge is 0.161 e. The Labute approximate surface area is 148 Å². The average Bonchev–Trinajstić information content (AvgIpc) is 2.58. The van der Waals surface area contributed by atoms with Crippen molar-refractivity contribution in [3.8, 4) is 0 Å². The molecule has 2 unspecified atom stereocenters. The molecule has 25 heavy (non-hydrogen) atoms. The molecule has 0 saturated heterocycles. The highest BCUT2D eigenvalue weighted by molar-refractivity contribution is 5.34. The van der Waals surface area contributed by atoms with Gasteiger partial charge >= 0.3 is 0 Å². The van der Waals surface area contributed by atoms with Crippen molar-refractivity contribution in [2.24, 2.45) is 5.92 Å². The summed E-state index contributed by atoms with van der Waals surface area (Å²) < 4.78 is 46.7. The number of ether oxygens (including phenoxy) is 1. The van der Waals surface area contributed by atoms with E-state index in [4.69, 9.17) is 4.74 Å². The van der Waals surface area contributed by atoms with Gasteiger partial charge in [-0.25, -0.2) is 13.2 Å². The number of benzene rings is 1. The number of allylic oxidation sites excluding steroid dienone is 4. The molecule has 1 aromatic carbocycles. The van der Waals surface area contributed by atoms with Crippen molar-refractivity contribution in [3.63, 3.8) is 0 Å². The van der Waals surface area contributed by atoms with Crippen molar-refractivity contribution in [2.75, 3.05) is 0 Å². The summed E-state index contributed by atoms with van der Waals surface area (Å²) in [6, 6.07) is 5.01. The summed E-state index contributed by atoms with van der Waals surface area (Å²) in [7, 11) is 0. The molecular weight excluding hydrogens is 325 g/mol. The van der Waals surface area contributed by atoms with Gasteiger partial charge in [0.15, 0.2) is 11.7 Å². The molecule has 0 saturated carbocycles. The molecule has 0 radical (unpaired) electrons. The number of hydrogen-bond donors (Lipinski definition) is 0. The fraction of sp³-hybridized carbons (Fsp3) is 0.429. The van der Waals surface area contributed by atoms with Gasteiger partial charge in [0.25, 0.3) is 0 Å². The number of rotatable bonds is 9. The van der Waals surface area contributed by atoms with Crippen molar-refractivity contribution >= 4 is 0 Å². The van der Waals surface area contributed by atoms with Gasteiger partial charge < -0.3 is 4.74 Å². The molecule has 0 aromatic heterocycles. The summed E-state index contributed by atoms with van der Waals surface area (Å²) in [5, 5.41) is 0. The molecule has 0 heterocycles. The lowest BCUT2D eigenvalue weighted by atomic mass is 9.94. The minimum Gasteiger partial charge on any atom is -0.374 e. The zero-order chi connectivity index (χ0) is 19.1. The van der Waals surface area contributed by atoms with Gasteiger partial charge in [0.1, 0.15) is 5.82 Å². The van der Waals surface area contributed by atoms with Gasteiger partial charge in [0.2, 0.25) is 0 Å². The minimum atomic E-state index is -0.942. The molecule has 1 nitrogen and oxygen atoms in total. The second kappa shape index (κ2) is 9.62. The Morgan fingerprint density at radius 2 is 1.76 bits per heavy atom. The molecule has 0 aliphatic heterocycles. The Morgan fingerprint density at radius 1 is 1.12 bits per heavy atom. The third kappa shape index (κ3) is 6.54. The summed E-state index contributed by atoms with van der Waals surface area (Å²) in [6.07, 6.45) is 1.19. The zero-order valence-electron chi connectivity index (χ0n) is 15.5. The third-order valence-corrected chi connectivity index (χ3v) is 4.22. The van der Waals surface area contributed by atoms with Crippen molar-refractivity contribution < 1.29 is 17.9 Å². The Hall–Kier alpha value is -1.81. The molecule has 1 aromatic rings. The quantitative estimate of drug-likeness (QED) is 0.447. The fourth-order valence-corrected chi connectivity index (χ4v) is 2.25. The maximum Gasteiger partial charge on any atom is 0.161 e. The summed E-state index contributed by atoms with van der Waals surface area (Å²) >= 11 is 0. The van der Waals surface area contributed by atoms with Crippen molar-refractivity contribution in [2.45, 2.75) is 53.2 Å². The van der Waals surface area contributed by atoms with Gasteiger partial charge in [-0.15, -0.1) is 0 Å². The van der Waals surface area contributed by atoms with Crippen LogP contribution in [0, 0.1) is 18.7 Å². The van der Waals surface area contributed by atoms with Crippen LogP contribution in [-0.4, -0.2) is 6.10 Å². The molecule has 4 heteroatoms. The molecule has 138 valence electrons. The van der Waals surface area contributed by atoms with Crippen LogP contribution in [0.3, 0.4) is 0 Å². The van der Waals surface area contributed by atoms with Crippen LogP contribution in [0.2, 0.25) is 0 Å². The van der Waals surface area contributed by atoms with E-state index in [0.29, 0.717) is 25.0 Å². The maximum absolute atomic E-state index is 13.9. The van der Waals surface area contributed by atoms with E-state index in [1.807, 2.05) is 13.0 Å². The lowest BCUT2D eigenvalue weighted by molar-refractivity contribution is 0.0444. The molecule has 1 rings (SSSR count). The molecule has 2 atom stereocenters. The van der Waals surface area contributed by atoms with Gasteiger partial charge in [0.05, 0.1) is 12.7 Å². The van der Waals surface area contributed by atoms with E-state index in [-0.39, 0.29) is 29.0 Å². The van der Waals surface area contributed by atoms with Gasteiger partial charge in [-0.1, -0.05) is 32.2 Å². The average molecular weight is 352 g/mol. The van der Waals surface area contributed by atoms with Gasteiger partial charge in [0, 0.05) is 0 Å². The minimum absolute atomic E-state index is 0.0490. The van der Waals surface area contributed by atoms with Crippen LogP contribution in [-0.2, 0) is 11.3 Å². The molecule has 0 aliphatic rings. The molecule has 0 amide bonds. The fourth-order valence-electron chi connectivity index (χ4n) is 2.25. The lowest BCUT2D eigenvalue weighted by Gasteiger charge is -2.18. The first-order chi connectivity index (χ1) is 11.6. The second-order valence-electron chi connectivity index (χ2n) is 6.62. The van der Waals surface area contributed by atoms with Gasteiger partial charge in [-0.2, -0.15) is 0 Å². The van der Waals surface area contributed by atoms with E-state index in [9.17, 15) is 13.2 Å². The largest absolute Gasteiger partial charge is 0.374 e. The second-order valence-corrected chi connectivity index (χ2v) is 6.62. The molecule has 0 N–H and O–H groups in total. The standard InChI is InChI=1S/C21H27F3O/c1-13(2)20(23)21(24)17(6)14(3)7-9-16(5)25-12-18-10-8-15(4)19(22)11-18/h8,10-11,14,16H,1,6-7,9,12H2,2-5H3/b21-20-. The van der Waals surface area contributed by atoms with Crippen molar-refractivity contribution in [1.29, 1.82) is 0 Å². The highest BCUT2D eigenvalue weighted by atomic mass is 19.2. The van der Waals surface area contributed by atoms with Gasteiger partial charge in [-0.3, -0.25) is 0 Å². The van der Waals surface area contributed by atoms with Crippen LogP contribution in [0.5, 0.6) is 0 Å². The highest BCUT2D eigenvalue weighted by Crippen LogP contribution is 2.29. The third-order valence-electron chi connectivity index (χ3n) is 4.22. The van der Waals surface area contributed by atoms with E-state index in [0.717, 1.165) is 5.56 Å². The maximum atomic E-state index is 13.9. The lowest BCUT2D eigenvalue weighted by Crippen LogP contribution is -2.11. The SMILES string of the molecule is C=C(C)/C(F)=C(/F)C(=C)C(C)CCC(C)OCc1ccc(C)c(F)c1. The van der Waals surface area contributed by atoms with E-state index < -0.39 is 11.7 Å². The number of aryl methyl sites for hydroxylation is 1. The predicted octanol–water partition coefficient (Wildman–Crippen LogP) is 6.74. The summed E-state index contributed by atoms with van der Waals surface area (Å²) in [5.74, 6) is -2.33. The van der Waals surface area contributed by atoms with Crippen molar-refractivity contribution in [3.05, 3.63) is 71.1 Å². The Kier molecular flexibility index (Phi) is 8.17. The van der Waals surface area contributed by atoms with Crippen LogP contribution in [0.1, 0.15) is 44.7 Å². The van der Waals surface area contributed by atoms with Gasteiger partial charge in [-0.05, 0) is 67.9 Å². The van der Waals surface area contributed by atoms with E-state index in [1.54, 1.807) is 19.9 Å². The zero-order valence-corrected chi connectivity index (χ0v) is 15.5. The number of halogens is 3. The van der Waals surface area contributed by atoms with E-state index >= 15 is 0 Å². The van der Waals surface area contributed by atoms with Crippen LogP contribution in [0.25, 0.3) is 0 Å². The molecular formula is C21H27F3O. The highest BCUT2D eigenvalue weighted by Gasteiger charge is 2.17. The Bertz CT molecular complexity index is 661. The van der Waals surface area contributed by atoms with Crippen LogP contribution in [0.4, 0.5) is 13.2 Å². The van der Waals surface area contributed by atoms with Crippen LogP contribution in [0.15, 0.2) is 54.2 Å². The first kappa shape index (κ1) is 21.2. The molecule has 0 fully saturated rings. The van der Waals surface area contributed by atoms with Crippen LogP contribution < -0.4 is 0 Å². The Balaban J connectivity index is 2.48.